The molecule has 0 saturated carbocycles. The topological polar surface area (TPSA) is 52.5 Å². The molecule has 24 heavy (non-hydrogen) atoms. The number of hydrogen-bond acceptors (Lipinski definition) is 3. The highest BCUT2D eigenvalue weighted by atomic mass is 16.3. The monoisotopic (exact) mass is 325 g/mol. The number of aliphatic hydroxyl groups excluding tert-OH is 1. The van der Waals surface area contributed by atoms with Crippen LogP contribution in [0.1, 0.15) is 41.2 Å². The minimum absolute atomic E-state index is 0.0229. The molecule has 3 heteroatoms. The third-order valence-electron chi connectivity index (χ3n) is 5.27. The second-order valence-corrected chi connectivity index (χ2v) is 7.10. The Morgan fingerprint density at radius 1 is 1.04 bits per heavy atom. The van der Waals surface area contributed by atoms with Gasteiger partial charge in [0.2, 0.25) is 0 Å². The normalized spacial score (nSPS) is 25.4. The second-order valence-electron chi connectivity index (χ2n) is 7.10. The van der Waals surface area contributed by atoms with Crippen molar-refractivity contribution in [2.75, 3.05) is 13.1 Å². The summed E-state index contributed by atoms with van der Waals surface area (Å²) in [5.41, 5.74) is 3.35. The molecule has 3 unspecified atom stereocenters. The van der Waals surface area contributed by atoms with Crippen molar-refractivity contribution in [1.82, 2.24) is 5.32 Å². The van der Waals surface area contributed by atoms with Crippen molar-refractivity contribution in [3.8, 4) is 0 Å². The maximum atomic E-state index is 11.4. The van der Waals surface area contributed by atoms with E-state index in [1.807, 2.05) is 55.5 Å². The van der Waals surface area contributed by atoms with Crippen molar-refractivity contribution in [3.05, 3.63) is 70.8 Å². The fraction of sp³-hybridized carbons (Fsp3) is 0.429. The molecule has 0 aromatic heterocycles. The van der Waals surface area contributed by atoms with E-state index in [-0.39, 0.29) is 5.92 Å². The summed E-state index contributed by atoms with van der Waals surface area (Å²) >= 11 is 0. The quantitative estimate of drug-likeness (QED) is 0.809. The smallest absolute Gasteiger partial charge is 0.0949 e. The minimum Gasteiger partial charge on any atom is -0.388 e. The fourth-order valence-corrected chi connectivity index (χ4v) is 3.62. The van der Waals surface area contributed by atoms with Crippen LogP contribution in [-0.2, 0) is 5.60 Å². The van der Waals surface area contributed by atoms with Gasteiger partial charge >= 0.3 is 0 Å². The van der Waals surface area contributed by atoms with Crippen molar-refractivity contribution < 1.29 is 10.2 Å². The van der Waals surface area contributed by atoms with Crippen LogP contribution < -0.4 is 5.32 Å². The molecular formula is C21H27NO2. The molecule has 1 saturated heterocycles. The second kappa shape index (κ2) is 7.06. The van der Waals surface area contributed by atoms with E-state index in [9.17, 15) is 10.2 Å². The zero-order valence-electron chi connectivity index (χ0n) is 14.5. The molecule has 1 heterocycles. The molecular weight excluding hydrogens is 298 g/mol. The standard InChI is InChI=1S/C21H27NO2/c1-15-3-7-17(8-4-15)20(23)13-19-14-22-12-11-21(19,24)18-9-5-16(2)6-10-18/h3-10,19-20,22-24H,11-14H2,1-2H3. The summed E-state index contributed by atoms with van der Waals surface area (Å²) in [6.45, 7) is 5.60. The van der Waals surface area contributed by atoms with E-state index in [0.29, 0.717) is 19.4 Å². The van der Waals surface area contributed by atoms with Gasteiger partial charge in [0, 0.05) is 12.5 Å². The van der Waals surface area contributed by atoms with Gasteiger partial charge in [-0.25, -0.2) is 0 Å². The van der Waals surface area contributed by atoms with Crippen LogP contribution in [-0.4, -0.2) is 23.3 Å². The van der Waals surface area contributed by atoms with Gasteiger partial charge in [-0.1, -0.05) is 59.7 Å². The van der Waals surface area contributed by atoms with Crippen molar-refractivity contribution >= 4 is 0 Å². The summed E-state index contributed by atoms with van der Waals surface area (Å²) in [5.74, 6) is -0.0229. The third-order valence-corrected chi connectivity index (χ3v) is 5.27. The Morgan fingerprint density at radius 3 is 2.25 bits per heavy atom. The molecule has 2 aromatic rings. The highest BCUT2D eigenvalue weighted by Gasteiger charge is 2.41. The number of rotatable bonds is 4. The highest BCUT2D eigenvalue weighted by Crippen LogP contribution is 2.39. The van der Waals surface area contributed by atoms with E-state index in [0.717, 1.165) is 17.7 Å². The molecule has 128 valence electrons. The molecule has 1 fully saturated rings. The van der Waals surface area contributed by atoms with Gasteiger partial charge in [0.05, 0.1) is 11.7 Å². The van der Waals surface area contributed by atoms with Gasteiger partial charge in [-0.05, 0) is 44.4 Å². The minimum atomic E-state index is -0.884. The maximum Gasteiger partial charge on any atom is 0.0949 e. The maximum absolute atomic E-state index is 11.4. The lowest BCUT2D eigenvalue weighted by atomic mass is 9.73. The molecule has 1 aliphatic heterocycles. The predicted molar refractivity (Wildman–Crippen MR) is 96.8 cm³/mol. The van der Waals surface area contributed by atoms with Crippen LogP contribution in [0.3, 0.4) is 0 Å². The number of piperidine rings is 1. The first-order valence-corrected chi connectivity index (χ1v) is 8.74. The summed E-state index contributed by atoms with van der Waals surface area (Å²) in [5, 5.41) is 25.4. The van der Waals surface area contributed by atoms with Gasteiger partial charge in [0.25, 0.3) is 0 Å². The zero-order chi connectivity index (χ0) is 17.2. The largest absolute Gasteiger partial charge is 0.388 e. The first kappa shape index (κ1) is 17.2. The van der Waals surface area contributed by atoms with Gasteiger partial charge in [-0.15, -0.1) is 0 Å². The lowest BCUT2D eigenvalue weighted by Gasteiger charge is -2.42. The Bertz CT molecular complexity index is 665. The van der Waals surface area contributed by atoms with Crippen molar-refractivity contribution in [3.63, 3.8) is 0 Å². The van der Waals surface area contributed by atoms with Crippen LogP contribution in [0.5, 0.6) is 0 Å². The summed E-state index contributed by atoms with van der Waals surface area (Å²) < 4.78 is 0. The summed E-state index contributed by atoms with van der Waals surface area (Å²) in [6, 6.07) is 16.1. The van der Waals surface area contributed by atoms with E-state index in [4.69, 9.17) is 0 Å². The molecule has 0 radical (unpaired) electrons. The molecule has 0 bridgehead atoms. The highest BCUT2D eigenvalue weighted by molar-refractivity contribution is 5.29. The van der Waals surface area contributed by atoms with Crippen molar-refractivity contribution in [1.29, 1.82) is 0 Å². The molecule has 3 nitrogen and oxygen atoms in total. The van der Waals surface area contributed by atoms with Crippen LogP contribution in [0.15, 0.2) is 48.5 Å². The number of aliphatic hydroxyl groups is 2. The first-order chi connectivity index (χ1) is 11.5. The lowest BCUT2D eigenvalue weighted by molar-refractivity contribution is -0.0634. The van der Waals surface area contributed by atoms with Gasteiger partial charge in [-0.3, -0.25) is 0 Å². The molecule has 0 aliphatic carbocycles. The number of hydrogen-bond donors (Lipinski definition) is 3. The molecule has 3 rings (SSSR count). The molecule has 1 aliphatic rings. The van der Waals surface area contributed by atoms with Crippen LogP contribution in [0.4, 0.5) is 0 Å². The van der Waals surface area contributed by atoms with E-state index >= 15 is 0 Å². The van der Waals surface area contributed by atoms with E-state index in [2.05, 4.69) is 12.2 Å². The van der Waals surface area contributed by atoms with Crippen molar-refractivity contribution in [2.45, 2.75) is 38.4 Å². The van der Waals surface area contributed by atoms with E-state index in [1.54, 1.807) is 0 Å². The van der Waals surface area contributed by atoms with Crippen LogP contribution in [0, 0.1) is 19.8 Å². The average Bonchev–Trinajstić information content (AvgIpc) is 2.58. The van der Waals surface area contributed by atoms with Crippen LogP contribution >= 0.6 is 0 Å². The number of nitrogens with one attached hydrogen (secondary N) is 1. The Kier molecular flexibility index (Phi) is 5.04. The fourth-order valence-electron chi connectivity index (χ4n) is 3.62. The molecule has 2 aromatic carbocycles. The summed E-state index contributed by atoms with van der Waals surface area (Å²) in [7, 11) is 0. The van der Waals surface area contributed by atoms with Gasteiger partial charge in [-0.2, -0.15) is 0 Å². The zero-order valence-corrected chi connectivity index (χ0v) is 14.5. The molecule has 3 atom stereocenters. The Hall–Kier alpha value is -1.68. The summed E-state index contributed by atoms with van der Waals surface area (Å²) in [4.78, 5) is 0. The Labute approximate surface area is 144 Å². The van der Waals surface area contributed by atoms with Gasteiger partial charge < -0.3 is 15.5 Å². The summed E-state index contributed by atoms with van der Waals surface area (Å²) in [6.07, 6.45) is 0.648. The van der Waals surface area contributed by atoms with E-state index < -0.39 is 11.7 Å². The van der Waals surface area contributed by atoms with Gasteiger partial charge in [0.15, 0.2) is 0 Å². The Morgan fingerprint density at radius 2 is 1.62 bits per heavy atom. The Balaban J connectivity index is 1.81. The van der Waals surface area contributed by atoms with Crippen molar-refractivity contribution in [2.24, 2.45) is 5.92 Å². The molecule has 3 N–H and O–H groups in total. The predicted octanol–water partition coefficient (Wildman–Crippen LogP) is 3.22. The SMILES string of the molecule is Cc1ccc(C(O)CC2CNCCC2(O)c2ccc(C)cc2)cc1. The van der Waals surface area contributed by atoms with Gasteiger partial charge in [0.1, 0.15) is 0 Å². The number of benzene rings is 2. The van der Waals surface area contributed by atoms with E-state index in [1.165, 1.54) is 11.1 Å². The number of aryl methyl sites for hydroxylation is 2. The molecule has 0 amide bonds. The third kappa shape index (κ3) is 3.54. The first-order valence-electron chi connectivity index (χ1n) is 8.74. The lowest BCUT2D eigenvalue weighted by Crippen LogP contribution is -2.48. The average molecular weight is 325 g/mol. The molecule has 0 spiro atoms. The van der Waals surface area contributed by atoms with Crippen LogP contribution in [0.2, 0.25) is 0 Å². The van der Waals surface area contributed by atoms with Crippen LogP contribution in [0.25, 0.3) is 0 Å².